The number of ether oxygens (including phenoxy) is 1. The molecule has 2 N–H and O–H groups in total. The van der Waals surface area contributed by atoms with Gasteiger partial charge < -0.3 is 9.64 Å². The molecule has 0 unspecified atom stereocenters. The maximum Gasteiger partial charge on any atom is 0.250 e. The molecule has 0 spiro atoms. The molecule has 6 nitrogen and oxygen atoms in total. The highest BCUT2D eigenvalue weighted by Gasteiger charge is 2.32. The molecular weight excluding hydrogens is 429 g/mol. The lowest BCUT2D eigenvalue weighted by Gasteiger charge is -2.31. The van der Waals surface area contributed by atoms with E-state index in [4.69, 9.17) is 4.74 Å². The SMILES string of the molecule is CCc1c(C)c(C#N)c2[nH]c3ccccc3[n+]2c1N1CC[NH+](Cc2cc(F)ccc2OC)CC1. The summed E-state index contributed by atoms with van der Waals surface area (Å²) in [6, 6.07) is 15.4. The predicted molar refractivity (Wildman–Crippen MR) is 130 cm³/mol. The molecule has 2 aromatic heterocycles. The first-order valence-corrected chi connectivity index (χ1v) is 11.8. The van der Waals surface area contributed by atoms with Gasteiger partial charge in [-0.1, -0.05) is 19.1 Å². The average molecular weight is 460 g/mol. The number of nitrogens with zero attached hydrogens (tertiary/aromatic N) is 3. The fraction of sp³-hybridized carbons (Fsp3) is 0.333. The summed E-state index contributed by atoms with van der Waals surface area (Å²) in [5.74, 6) is 1.69. The van der Waals surface area contributed by atoms with Crippen molar-refractivity contribution in [3.05, 3.63) is 70.5 Å². The molecule has 0 amide bonds. The summed E-state index contributed by atoms with van der Waals surface area (Å²) < 4.78 is 21.5. The van der Waals surface area contributed by atoms with Crippen LogP contribution in [0.1, 0.15) is 29.2 Å². The van der Waals surface area contributed by atoms with Gasteiger partial charge in [-0.3, -0.25) is 9.88 Å². The minimum Gasteiger partial charge on any atom is -0.496 e. The summed E-state index contributed by atoms with van der Waals surface area (Å²) in [6.45, 7) is 8.59. The van der Waals surface area contributed by atoms with Crippen LogP contribution in [0.5, 0.6) is 5.75 Å². The van der Waals surface area contributed by atoms with Crippen molar-refractivity contribution >= 4 is 22.5 Å². The third kappa shape index (κ3) is 3.64. The number of para-hydroxylation sites is 2. The van der Waals surface area contributed by atoms with E-state index in [9.17, 15) is 9.65 Å². The molecule has 0 saturated carbocycles. The van der Waals surface area contributed by atoms with Crippen molar-refractivity contribution in [1.82, 2.24) is 4.98 Å². The topological polar surface area (TPSA) is 60.6 Å². The van der Waals surface area contributed by atoms with Crippen LogP contribution in [-0.2, 0) is 13.0 Å². The highest BCUT2D eigenvalue weighted by atomic mass is 19.1. The first-order chi connectivity index (χ1) is 16.5. The van der Waals surface area contributed by atoms with Crippen LogP contribution in [0.15, 0.2) is 42.5 Å². The number of benzene rings is 2. The van der Waals surface area contributed by atoms with Gasteiger partial charge >= 0.3 is 0 Å². The normalized spacial score (nSPS) is 14.6. The Balaban J connectivity index is 1.51. The molecule has 5 rings (SSSR count). The van der Waals surface area contributed by atoms with Crippen LogP contribution in [0.25, 0.3) is 16.7 Å². The Kier molecular flexibility index (Phi) is 5.84. The van der Waals surface area contributed by atoms with Gasteiger partial charge in [0.15, 0.2) is 0 Å². The Hall–Kier alpha value is -3.63. The Bertz CT molecular complexity index is 1410. The molecular formula is C27H30FN5O+2. The second-order valence-electron chi connectivity index (χ2n) is 8.96. The zero-order chi connectivity index (χ0) is 23.8. The number of imidazole rings is 1. The van der Waals surface area contributed by atoms with Crippen LogP contribution in [0, 0.1) is 24.1 Å². The second kappa shape index (κ2) is 8.96. The van der Waals surface area contributed by atoms with Crippen LogP contribution in [0.4, 0.5) is 10.2 Å². The van der Waals surface area contributed by atoms with Crippen LogP contribution in [0.3, 0.4) is 0 Å². The van der Waals surface area contributed by atoms with E-state index in [2.05, 4.69) is 46.3 Å². The van der Waals surface area contributed by atoms with E-state index < -0.39 is 0 Å². The van der Waals surface area contributed by atoms with Crippen LogP contribution in [-0.4, -0.2) is 38.3 Å². The van der Waals surface area contributed by atoms with Gasteiger partial charge in [-0.25, -0.2) is 4.39 Å². The monoisotopic (exact) mass is 459 g/mol. The molecule has 174 valence electrons. The van der Waals surface area contributed by atoms with Crippen molar-refractivity contribution in [1.29, 1.82) is 5.26 Å². The number of nitrogens with one attached hydrogen (secondary N) is 2. The van der Waals surface area contributed by atoms with Gasteiger partial charge in [-0.05, 0) is 49.2 Å². The van der Waals surface area contributed by atoms with Crippen molar-refractivity contribution in [2.45, 2.75) is 26.8 Å². The van der Waals surface area contributed by atoms with Crippen LogP contribution < -0.4 is 18.9 Å². The Morgan fingerprint density at radius 2 is 1.97 bits per heavy atom. The van der Waals surface area contributed by atoms with E-state index in [1.807, 2.05) is 12.1 Å². The molecule has 0 radical (unpaired) electrons. The molecule has 4 aromatic rings. The van der Waals surface area contributed by atoms with Gasteiger partial charge in [-0.15, -0.1) is 0 Å². The van der Waals surface area contributed by atoms with Crippen molar-refractivity contribution < 1.29 is 18.4 Å². The van der Waals surface area contributed by atoms with Crippen LogP contribution >= 0.6 is 0 Å². The number of H-pyrrole nitrogens is 1. The number of hydrogen-bond acceptors (Lipinski definition) is 3. The number of anilines is 1. The van der Waals surface area contributed by atoms with Gasteiger partial charge in [0.1, 0.15) is 67.0 Å². The van der Waals surface area contributed by atoms with Crippen molar-refractivity contribution in [2.75, 3.05) is 38.2 Å². The first-order valence-electron chi connectivity index (χ1n) is 11.8. The number of pyridine rings is 1. The maximum atomic E-state index is 13.8. The minimum absolute atomic E-state index is 0.229. The number of aromatic nitrogens is 2. The molecule has 2 aromatic carbocycles. The summed E-state index contributed by atoms with van der Waals surface area (Å²) in [4.78, 5) is 7.34. The fourth-order valence-corrected chi connectivity index (χ4v) is 5.36. The molecule has 7 heteroatoms. The Morgan fingerprint density at radius 3 is 2.68 bits per heavy atom. The van der Waals surface area contributed by atoms with Gasteiger partial charge in [-0.2, -0.15) is 9.66 Å². The lowest BCUT2D eigenvalue weighted by molar-refractivity contribution is -0.914. The van der Waals surface area contributed by atoms with E-state index in [0.29, 0.717) is 5.56 Å². The molecule has 0 atom stereocenters. The minimum atomic E-state index is -0.229. The lowest BCUT2D eigenvalue weighted by Crippen LogP contribution is -3.13. The lowest BCUT2D eigenvalue weighted by atomic mass is 10.0. The summed E-state index contributed by atoms with van der Waals surface area (Å²) in [5, 5.41) is 9.96. The van der Waals surface area contributed by atoms with Gasteiger partial charge in [0, 0.05) is 5.56 Å². The number of hydrogen-bond donors (Lipinski definition) is 2. The van der Waals surface area contributed by atoms with E-state index in [1.54, 1.807) is 19.2 Å². The summed E-state index contributed by atoms with van der Waals surface area (Å²) in [7, 11) is 1.63. The van der Waals surface area contributed by atoms with Crippen molar-refractivity contribution in [3.8, 4) is 11.8 Å². The smallest absolute Gasteiger partial charge is 0.250 e. The van der Waals surface area contributed by atoms with E-state index in [0.717, 1.165) is 72.7 Å². The largest absolute Gasteiger partial charge is 0.496 e. The summed E-state index contributed by atoms with van der Waals surface area (Å²) in [5.41, 5.74) is 6.84. The first kappa shape index (κ1) is 22.2. The maximum absolute atomic E-state index is 13.8. The molecule has 1 aliphatic rings. The third-order valence-electron chi connectivity index (χ3n) is 7.09. The standard InChI is InChI=1S/C27H28FN5O/c1-4-21-18(2)22(16-29)26-30-23-7-5-6-8-24(23)33(26)27(21)32-13-11-31(12-14-32)17-19-15-20(28)9-10-25(19)34-3/h5-10,15H,4,11-14,17H2,1-3H3/p+2. The van der Waals surface area contributed by atoms with Crippen molar-refractivity contribution in [3.63, 3.8) is 0 Å². The average Bonchev–Trinajstić information content (AvgIpc) is 3.23. The quantitative estimate of drug-likeness (QED) is 0.451. The summed E-state index contributed by atoms with van der Waals surface area (Å²) >= 11 is 0. The van der Waals surface area contributed by atoms with E-state index in [-0.39, 0.29) is 5.82 Å². The highest BCUT2D eigenvalue weighted by Crippen LogP contribution is 2.28. The second-order valence-corrected chi connectivity index (χ2v) is 8.96. The molecule has 34 heavy (non-hydrogen) atoms. The predicted octanol–water partition coefficient (Wildman–Crippen LogP) is 2.70. The van der Waals surface area contributed by atoms with Crippen molar-refractivity contribution in [2.24, 2.45) is 0 Å². The van der Waals surface area contributed by atoms with E-state index in [1.165, 1.54) is 22.3 Å². The van der Waals surface area contributed by atoms with E-state index >= 15 is 0 Å². The number of methoxy groups -OCH3 is 1. The van der Waals surface area contributed by atoms with Gasteiger partial charge in [0.2, 0.25) is 11.5 Å². The number of rotatable bonds is 5. The number of nitriles is 1. The molecule has 1 fully saturated rings. The Morgan fingerprint density at radius 1 is 1.21 bits per heavy atom. The number of quaternary nitrogens is 1. The van der Waals surface area contributed by atoms with Gasteiger partial charge in [0.05, 0.1) is 12.7 Å². The zero-order valence-electron chi connectivity index (χ0n) is 19.9. The molecule has 0 bridgehead atoms. The molecule has 1 aliphatic heterocycles. The fourth-order valence-electron chi connectivity index (χ4n) is 5.36. The highest BCUT2D eigenvalue weighted by molar-refractivity contribution is 5.78. The third-order valence-corrected chi connectivity index (χ3v) is 7.09. The molecule has 0 aliphatic carbocycles. The number of aromatic amines is 1. The molecule has 3 heterocycles. The molecule has 1 saturated heterocycles. The van der Waals surface area contributed by atoms with Gasteiger partial charge in [0.25, 0.3) is 0 Å². The number of piperazine rings is 1. The zero-order valence-corrected chi connectivity index (χ0v) is 19.9. The number of halogens is 1. The van der Waals surface area contributed by atoms with Crippen LogP contribution in [0.2, 0.25) is 0 Å². The summed E-state index contributed by atoms with van der Waals surface area (Å²) in [6.07, 6.45) is 0.853. The Labute approximate surface area is 198 Å². The number of fused-ring (bicyclic) bond motifs is 3.